The van der Waals surface area contributed by atoms with Gasteiger partial charge in [0, 0.05) is 28.3 Å². The molecular formula is C32H26F2N2O4. The molecule has 1 fully saturated rings. The van der Waals surface area contributed by atoms with Crippen molar-refractivity contribution >= 4 is 44.9 Å². The van der Waals surface area contributed by atoms with Crippen LogP contribution in [0.4, 0.5) is 14.5 Å². The minimum Gasteiger partial charge on any atom is -0.477 e. The van der Waals surface area contributed by atoms with E-state index in [2.05, 4.69) is 12.2 Å². The summed E-state index contributed by atoms with van der Waals surface area (Å²) in [6.45, 7) is 1.92. The van der Waals surface area contributed by atoms with Gasteiger partial charge in [-0.25, -0.2) is 13.6 Å². The summed E-state index contributed by atoms with van der Waals surface area (Å²) in [5.41, 5.74) is 2.34. The molecule has 3 aliphatic carbocycles. The molecule has 4 aromatic rings. The van der Waals surface area contributed by atoms with Gasteiger partial charge in [-0.15, -0.1) is 0 Å². The molecule has 40 heavy (non-hydrogen) atoms. The Bertz CT molecular complexity index is 1850. The molecule has 0 atom stereocenters. The highest BCUT2D eigenvalue weighted by atomic mass is 19.1. The van der Waals surface area contributed by atoms with Gasteiger partial charge >= 0.3 is 5.97 Å². The van der Waals surface area contributed by atoms with Gasteiger partial charge in [0.15, 0.2) is 5.78 Å². The smallest absolute Gasteiger partial charge is 0.353 e. The van der Waals surface area contributed by atoms with Crippen molar-refractivity contribution in [1.82, 2.24) is 4.57 Å². The van der Waals surface area contributed by atoms with Gasteiger partial charge in [0.1, 0.15) is 22.9 Å². The topological polar surface area (TPSA) is 84.5 Å². The minimum absolute atomic E-state index is 0.0589. The highest BCUT2D eigenvalue weighted by Gasteiger charge is 2.45. The van der Waals surface area contributed by atoms with Crippen LogP contribution in [0.15, 0.2) is 65.4 Å². The van der Waals surface area contributed by atoms with E-state index in [-0.39, 0.29) is 62.5 Å². The first-order valence-electron chi connectivity index (χ1n) is 13.4. The second-order valence-corrected chi connectivity index (χ2v) is 11.3. The summed E-state index contributed by atoms with van der Waals surface area (Å²) in [4.78, 5) is 26.7. The zero-order valence-electron chi connectivity index (χ0n) is 21.8. The molecule has 2 bridgehead atoms. The predicted molar refractivity (Wildman–Crippen MR) is 148 cm³/mol. The number of furan rings is 1. The highest BCUT2D eigenvalue weighted by molar-refractivity contribution is 6.29. The van der Waals surface area contributed by atoms with Crippen molar-refractivity contribution in [2.45, 2.75) is 39.2 Å². The number of nitrogens with one attached hydrogen (secondary N) is 1. The van der Waals surface area contributed by atoms with Crippen LogP contribution in [-0.2, 0) is 17.8 Å². The van der Waals surface area contributed by atoms with E-state index in [4.69, 9.17) is 4.42 Å². The Morgan fingerprint density at radius 3 is 2.85 bits per heavy atom. The third-order valence-electron chi connectivity index (χ3n) is 8.55. The summed E-state index contributed by atoms with van der Waals surface area (Å²) in [5.74, 6) is -2.80. The maximum atomic E-state index is 15.4. The Morgan fingerprint density at radius 1 is 1.23 bits per heavy atom. The van der Waals surface area contributed by atoms with Crippen molar-refractivity contribution in [1.29, 1.82) is 0 Å². The van der Waals surface area contributed by atoms with E-state index < -0.39 is 17.6 Å². The second-order valence-electron chi connectivity index (χ2n) is 11.3. The van der Waals surface area contributed by atoms with E-state index in [1.54, 1.807) is 24.4 Å². The monoisotopic (exact) mass is 540 g/mol. The van der Waals surface area contributed by atoms with Crippen LogP contribution in [-0.4, -0.2) is 21.4 Å². The first-order valence-corrected chi connectivity index (χ1v) is 13.4. The number of aromatic nitrogens is 1. The van der Waals surface area contributed by atoms with Crippen LogP contribution in [0.2, 0.25) is 0 Å². The number of hydrogen-bond donors (Lipinski definition) is 2. The lowest BCUT2D eigenvalue weighted by Gasteiger charge is -2.43. The average Bonchev–Trinajstić information content (AvgIpc) is 3.42. The van der Waals surface area contributed by atoms with Crippen LogP contribution in [0.25, 0.3) is 27.4 Å². The number of anilines is 1. The van der Waals surface area contributed by atoms with E-state index in [0.717, 1.165) is 12.0 Å². The standard InChI is InChI=1S/C32H26F2N2O4/c1-32-8-4-6-21(29(37)19(14-32)15-32)26-27-25(13-23(34)20-7-10-40-30(20)27)36(28(26)31(38)39)16-18-11-17-5-2-3-9-35-24(17)12-22(18)33/h3-4,6-13,19,35H,2,5,14-16H2,1H3,(H,38,39)/b8-4-,21-6-. The van der Waals surface area contributed by atoms with Crippen molar-refractivity contribution < 1.29 is 27.9 Å². The lowest BCUT2D eigenvalue weighted by molar-refractivity contribution is -0.122. The normalized spacial score (nSPS) is 23.9. The number of allylic oxidation sites excluding steroid dienone is 5. The number of carbonyl (C=O) groups is 2. The van der Waals surface area contributed by atoms with Crippen LogP contribution in [0, 0.1) is 23.0 Å². The number of carboxylic acid groups (broad SMARTS) is 1. The maximum Gasteiger partial charge on any atom is 0.353 e. The Balaban J connectivity index is 1.50. The minimum atomic E-state index is -1.30. The fourth-order valence-electron chi connectivity index (χ4n) is 6.60. The number of nitrogens with zero attached hydrogens (tertiary/aromatic N) is 1. The van der Waals surface area contributed by atoms with Gasteiger partial charge in [0.2, 0.25) is 0 Å². The molecule has 0 radical (unpaired) electrons. The molecule has 8 rings (SSSR count). The van der Waals surface area contributed by atoms with Crippen molar-refractivity contribution in [2.75, 3.05) is 5.32 Å². The van der Waals surface area contributed by atoms with Gasteiger partial charge in [-0.1, -0.05) is 31.2 Å². The molecular weight excluding hydrogens is 514 g/mol. The number of benzene rings is 2. The number of aryl methyl sites for hydroxylation is 1. The van der Waals surface area contributed by atoms with Crippen LogP contribution < -0.4 is 5.32 Å². The van der Waals surface area contributed by atoms with Crippen molar-refractivity contribution in [2.24, 2.45) is 11.3 Å². The molecule has 2 aromatic carbocycles. The highest BCUT2D eigenvalue weighted by Crippen LogP contribution is 2.51. The van der Waals surface area contributed by atoms with Gasteiger partial charge in [0.25, 0.3) is 0 Å². The largest absolute Gasteiger partial charge is 0.477 e. The fourth-order valence-corrected chi connectivity index (χ4v) is 6.60. The predicted octanol–water partition coefficient (Wildman–Crippen LogP) is 7.22. The van der Waals surface area contributed by atoms with E-state index >= 15 is 8.78 Å². The van der Waals surface area contributed by atoms with Gasteiger partial charge in [-0.3, -0.25) is 4.79 Å². The summed E-state index contributed by atoms with van der Waals surface area (Å²) < 4.78 is 37.8. The van der Waals surface area contributed by atoms with Gasteiger partial charge in [-0.2, -0.15) is 0 Å². The molecule has 1 aliphatic heterocycles. The first-order chi connectivity index (χ1) is 19.2. The third kappa shape index (κ3) is 3.66. The van der Waals surface area contributed by atoms with Gasteiger partial charge in [-0.05, 0) is 67.1 Å². The molecule has 0 spiro atoms. The number of rotatable bonds is 4. The van der Waals surface area contributed by atoms with Gasteiger partial charge in [0.05, 0.1) is 29.1 Å². The van der Waals surface area contributed by atoms with Crippen molar-refractivity contribution in [3.63, 3.8) is 0 Å². The Labute approximate surface area is 228 Å². The Kier molecular flexibility index (Phi) is 5.39. The number of halogens is 2. The summed E-state index contributed by atoms with van der Waals surface area (Å²) in [5, 5.41) is 14.2. The van der Waals surface area contributed by atoms with Crippen LogP contribution in [0.5, 0.6) is 0 Å². The molecule has 3 heterocycles. The summed E-state index contributed by atoms with van der Waals surface area (Å²) in [6, 6.07) is 5.85. The Hall–Kier alpha value is -4.46. The number of carboxylic acids is 1. The van der Waals surface area contributed by atoms with Crippen LogP contribution in [0.3, 0.4) is 0 Å². The molecule has 1 saturated carbocycles. The molecule has 6 nitrogen and oxygen atoms in total. The lowest BCUT2D eigenvalue weighted by atomic mass is 9.60. The molecule has 202 valence electrons. The maximum absolute atomic E-state index is 15.4. The number of carbonyl (C=O) groups excluding carboxylic acids is 1. The number of aromatic carboxylic acids is 1. The van der Waals surface area contributed by atoms with E-state index in [0.29, 0.717) is 30.3 Å². The van der Waals surface area contributed by atoms with E-state index in [9.17, 15) is 14.7 Å². The fraction of sp³-hybridized carbons (Fsp3) is 0.250. The van der Waals surface area contributed by atoms with Crippen LogP contribution in [0.1, 0.15) is 53.4 Å². The lowest BCUT2D eigenvalue weighted by Crippen LogP contribution is -2.38. The molecule has 0 saturated heterocycles. The SMILES string of the molecule is CC12/C=C\C=C(\c3c(C(=O)O)n(Cc4cc5c(cc4F)NC=CCC5)c4cc(F)c5ccoc5c34)C(=O)C(C1)C2. The van der Waals surface area contributed by atoms with Gasteiger partial charge < -0.3 is 19.4 Å². The van der Waals surface area contributed by atoms with E-state index in [1.807, 2.05) is 12.2 Å². The van der Waals surface area contributed by atoms with Crippen molar-refractivity contribution in [3.05, 3.63) is 95.1 Å². The number of Topliss-reactive ketones (excluding diaryl/α,β-unsaturated/α-hetero) is 1. The summed E-state index contributed by atoms with van der Waals surface area (Å²) in [7, 11) is 0. The molecule has 2 N–H and O–H groups in total. The average molecular weight is 541 g/mol. The third-order valence-corrected chi connectivity index (χ3v) is 8.55. The number of ketones is 1. The summed E-state index contributed by atoms with van der Waals surface area (Å²) in [6.07, 6.45) is 13.4. The number of hydrogen-bond acceptors (Lipinski definition) is 4. The summed E-state index contributed by atoms with van der Waals surface area (Å²) >= 11 is 0. The molecule has 2 aromatic heterocycles. The second kappa shape index (κ2) is 8.78. The number of fused-ring (bicyclic) bond motifs is 6. The van der Waals surface area contributed by atoms with E-state index in [1.165, 1.54) is 29.0 Å². The van der Waals surface area contributed by atoms with Crippen LogP contribution >= 0.6 is 0 Å². The zero-order chi connectivity index (χ0) is 27.8. The molecule has 0 amide bonds. The molecule has 0 unspecified atom stereocenters. The molecule has 8 heteroatoms. The molecule has 4 aliphatic rings. The zero-order valence-corrected chi connectivity index (χ0v) is 21.8. The quantitative estimate of drug-likeness (QED) is 0.285. The first kappa shape index (κ1) is 24.6. The van der Waals surface area contributed by atoms with Crippen molar-refractivity contribution in [3.8, 4) is 0 Å². The Morgan fingerprint density at radius 2 is 2.05 bits per heavy atom.